The Labute approximate surface area is 116 Å². The molecule has 0 saturated heterocycles. The van der Waals surface area contributed by atoms with Gasteiger partial charge in [0.05, 0.1) is 12.9 Å². The number of fused-ring (bicyclic) bond motifs is 1. The van der Waals surface area contributed by atoms with Crippen LogP contribution in [0.1, 0.15) is 30.2 Å². The summed E-state index contributed by atoms with van der Waals surface area (Å²) >= 11 is 15.4. The lowest BCUT2D eigenvalue weighted by molar-refractivity contribution is 0.573. The lowest BCUT2D eigenvalue weighted by Gasteiger charge is -2.10. The van der Waals surface area contributed by atoms with E-state index in [4.69, 9.17) is 11.6 Å². The first-order valence-electron chi connectivity index (χ1n) is 5.27. The number of rotatable bonds is 2. The van der Waals surface area contributed by atoms with E-state index in [1.165, 1.54) is 32.4 Å². The summed E-state index contributed by atoms with van der Waals surface area (Å²) in [4.78, 5) is 0. The van der Waals surface area contributed by atoms with Crippen molar-refractivity contribution in [2.75, 3.05) is 0 Å². The predicted octanol–water partition coefficient (Wildman–Crippen LogP) is 5.60. The monoisotopic (exact) mass is 368 g/mol. The molecule has 2 aliphatic carbocycles. The highest BCUT2D eigenvalue weighted by Crippen LogP contribution is 2.64. The van der Waals surface area contributed by atoms with Crippen LogP contribution in [0.15, 0.2) is 13.6 Å². The van der Waals surface area contributed by atoms with E-state index in [0.717, 1.165) is 17.8 Å². The maximum absolute atomic E-state index is 6.58. The molecule has 82 valence electrons. The van der Waals surface area contributed by atoms with Gasteiger partial charge in [-0.2, -0.15) is 0 Å². The topological polar surface area (TPSA) is 0 Å². The Bertz CT molecular complexity index is 380. The quantitative estimate of drug-likeness (QED) is 0.595. The van der Waals surface area contributed by atoms with Crippen LogP contribution >= 0.6 is 54.8 Å². The van der Waals surface area contributed by atoms with Crippen LogP contribution in [0.3, 0.4) is 0 Å². The largest absolute Gasteiger partial charge is 0.121 e. The van der Waals surface area contributed by atoms with Crippen molar-refractivity contribution in [2.24, 2.45) is 17.8 Å². The van der Waals surface area contributed by atoms with Crippen molar-refractivity contribution in [1.29, 1.82) is 0 Å². The van der Waals surface area contributed by atoms with Crippen LogP contribution in [0.4, 0.5) is 0 Å². The molecule has 0 aromatic carbocycles. The standard InChI is InChI=1S/C11H11Br2ClS/c12-8-4-7(11(13)15-8)10(14)9-5-2-1-3-6(5)9/h4-6,9-10H,1-3H2. The van der Waals surface area contributed by atoms with Gasteiger partial charge < -0.3 is 0 Å². The molecule has 3 atom stereocenters. The maximum atomic E-state index is 6.58. The van der Waals surface area contributed by atoms with E-state index in [1.54, 1.807) is 11.3 Å². The molecule has 0 aliphatic heterocycles. The first-order chi connectivity index (χ1) is 7.18. The average molecular weight is 371 g/mol. The molecule has 2 aliphatic rings. The Kier molecular flexibility index (Phi) is 2.95. The molecule has 2 fully saturated rings. The fourth-order valence-electron chi connectivity index (χ4n) is 3.06. The van der Waals surface area contributed by atoms with Gasteiger partial charge in [-0.1, -0.05) is 6.42 Å². The Morgan fingerprint density at radius 3 is 2.53 bits per heavy atom. The van der Waals surface area contributed by atoms with Gasteiger partial charge in [0.1, 0.15) is 0 Å². The number of alkyl halides is 1. The minimum atomic E-state index is 0.220. The molecule has 0 spiro atoms. The van der Waals surface area contributed by atoms with Gasteiger partial charge in [-0.3, -0.25) is 0 Å². The SMILES string of the molecule is ClC(c1cc(Br)sc1Br)C1C2CCCC21. The Morgan fingerprint density at radius 1 is 1.33 bits per heavy atom. The summed E-state index contributed by atoms with van der Waals surface area (Å²) in [5.74, 6) is 2.61. The molecule has 1 aromatic rings. The summed E-state index contributed by atoms with van der Waals surface area (Å²) in [6.45, 7) is 0. The van der Waals surface area contributed by atoms with E-state index in [9.17, 15) is 0 Å². The first-order valence-corrected chi connectivity index (χ1v) is 8.11. The summed E-state index contributed by atoms with van der Waals surface area (Å²) in [5, 5.41) is 0.220. The highest BCUT2D eigenvalue weighted by Gasteiger charge is 2.56. The van der Waals surface area contributed by atoms with Gasteiger partial charge in [-0.05, 0) is 74.1 Å². The van der Waals surface area contributed by atoms with Crippen LogP contribution < -0.4 is 0 Å². The predicted molar refractivity (Wildman–Crippen MR) is 72.6 cm³/mol. The van der Waals surface area contributed by atoms with Gasteiger partial charge in [-0.15, -0.1) is 22.9 Å². The Balaban J connectivity index is 1.80. The third kappa shape index (κ3) is 1.84. The molecule has 4 heteroatoms. The van der Waals surface area contributed by atoms with Crippen molar-refractivity contribution >= 4 is 54.8 Å². The van der Waals surface area contributed by atoms with Gasteiger partial charge in [0, 0.05) is 0 Å². The van der Waals surface area contributed by atoms with Crippen LogP contribution in [-0.2, 0) is 0 Å². The molecule has 15 heavy (non-hydrogen) atoms. The zero-order valence-corrected chi connectivity index (χ0v) is 12.8. The summed E-state index contributed by atoms with van der Waals surface area (Å²) < 4.78 is 2.36. The van der Waals surface area contributed by atoms with Crippen LogP contribution in [0.5, 0.6) is 0 Å². The molecule has 0 N–H and O–H groups in total. The Hall–Kier alpha value is 0.950. The van der Waals surface area contributed by atoms with Crippen molar-refractivity contribution in [3.63, 3.8) is 0 Å². The smallest absolute Gasteiger partial charge is 0.0757 e. The summed E-state index contributed by atoms with van der Waals surface area (Å²) in [7, 11) is 0. The molecular weight excluding hydrogens is 359 g/mol. The van der Waals surface area contributed by atoms with E-state index in [0.29, 0.717) is 0 Å². The molecular formula is C11H11Br2ClS. The number of halogens is 3. The first kappa shape index (κ1) is 11.1. The van der Waals surface area contributed by atoms with Crippen LogP contribution in [0.2, 0.25) is 0 Å². The zero-order valence-electron chi connectivity index (χ0n) is 8.05. The van der Waals surface area contributed by atoms with Crippen LogP contribution in [0.25, 0.3) is 0 Å². The molecule has 1 aromatic heterocycles. The van der Waals surface area contributed by atoms with Crippen molar-refractivity contribution in [3.05, 3.63) is 19.2 Å². The third-order valence-electron chi connectivity index (χ3n) is 3.79. The second-order valence-corrected chi connectivity index (χ2v) is 8.74. The molecule has 2 saturated carbocycles. The van der Waals surface area contributed by atoms with Crippen molar-refractivity contribution in [1.82, 2.24) is 0 Å². The van der Waals surface area contributed by atoms with Gasteiger partial charge in [0.15, 0.2) is 0 Å². The molecule has 3 rings (SSSR count). The van der Waals surface area contributed by atoms with Crippen molar-refractivity contribution in [2.45, 2.75) is 24.6 Å². The van der Waals surface area contributed by atoms with E-state index in [1.807, 2.05) is 0 Å². The van der Waals surface area contributed by atoms with Gasteiger partial charge in [0.2, 0.25) is 0 Å². The van der Waals surface area contributed by atoms with Crippen molar-refractivity contribution in [3.8, 4) is 0 Å². The lowest BCUT2D eigenvalue weighted by Crippen LogP contribution is -1.97. The molecule has 1 heterocycles. The summed E-state index contributed by atoms with van der Waals surface area (Å²) in [6, 6.07) is 2.17. The molecule has 0 amide bonds. The van der Waals surface area contributed by atoms with Crippen LogP contribution in [0, 0.1) is 17.8 Å². The minimum Gasteiger partial charge on any atom is -0.121 e. The number of hydrogen-bond donors (Lipinski definition) is 0. The molecule has 0 radical (unpaired) electrons. The fourth-order valence-corrected chi connectivity index (χ4v) is 6.73. The summed E-state index contributed by atoms with van der Waals surface area (Å²) in [6.07, 6.45) is 4.23. The highest BCUT2D eigenvalue weighted by molar-refractivity contribution is 9.12. The normalized spacial score (nSPS) is 35.3. The average Bonchev–Trinajstić information content (AvgIpc) is 2.58. The van der Waals surface area contributed by atoms with E-state index < -0.39 is 0 Å². The number of hydrogen-bond acceptors (Lipinski definition) is 1. The molecule has 3 unspecified atom stereocenters. The van der Waals surface area contributed by atoms with E-state index in [2.05, 4.69) is 37.9 Å². The second kappa shape index (κ2) is 4.01. The maximum Gasteiger partial charge on any atom is 0.0757 e. The molecule has 0 nitrogen and oxygen atoms in total. The minimum absolute atomic E-state index is 0.220. The molecule has 0 bridgehead atoms. The van der Waals surface area contributed by atoms with Gasteiger partial charge >= 0.3 is 0 Å². The summed E-state index contributed by atoms with van der Waals surface area (Å²) in [5.41, 5.74) is 1.29. The number of thiophene rings is 1. The van der Waals surface area contributed by atoms with Crippen molar-refractivity contribution < 1.29 is 0 Å². The Morgan fingerprint density at radius 2 is 2.00 bits per heavy atom. The highest BCUT2D eigenvalue weighted by atomic mass is 79.9. The lowest BCUT2D eigenvalue weighted by atomic mass is 10.0. The second-order valence-electron chi connectivity index (χ2n) is 4.52. The van der Waals surface area contributed by atoms with Gasteiger partial charge in [0.25, 0.3) is 0 Å². The van der Waals surface area contributed by atoms with Gasteiger partial charge in [-0.25, -0.2) is 0 Å². The zero-order chi connectivity index (χ0) is 10.6. The van der Waals surface area contributed by atoms with Crippen LogP contribution in [-0.4, -0.2) is 0 Å². The van der Waals surface area contributed by atoms with E-state index in [-0.39, 0.29) is 5.38 Å². The third-order valence-corrected chi connectivity index (χ3v) is 6.70. The fraction of sp³-hybridized carbons (Fsp3) is 0.636. The van der Waals surface area contributed by atoms with E-state index >= 15 is 0 Å².